The molecule has 0 spiro atoms. The third-order valence-corrected chi connectivity index (χ3v) is 3.30. The van der Waals surface area contributed by atoms with Gasteiger partial charge >= 0.3 is 20.1 Å². The van der Waals surface area contributed by atoms with Crippen LogP contribution in [0.3, 0.4) is 0 Å². The molecule has 0 radical (unpaired) electrons. The molecular weight excluding hydrogens is 347 g/mol. The number of phosphoric acid groups is 1. The van der Waals surface area contributed by atoms with Gasteiger partial charge in [0.2, 0.25) is 13.6 Å². The molecule has 0 bridgehead atoms. The van der Waals surface area contributed by atoms with Gasteiger partial charge in [-0.05, 0) is 41.5 Å². The Morgan fingerprint density at radius 1 is 0.750 bits per heavy atom. The van der Waals surface area contributed by atoms with E-state index in [-0.39, 0.29) is 12.2 Å². The molecule has 0 unspecified atom stereocenters. The summed E-state index contributed by atoms with van der Waals surface area (Å²) in [6, 6.07) is 0. The van der Waals surface area contributed by atoms with Gasteiger partial charge in [0.05, 0.1) is 18.3 Å². The highest BCUT2D eigenvalue weighted by atomic mass is 31.2. The van der Waals surface area contributed by atoms with Crippen LogP contribution in [0.15, 0.2) is 0 Å². The van der Waals surface area contributed by atoms with Crippen LogP contribution in [0.1, 0.15) is 41.5 Å². The van der Waals surface area contributed by atoms with Crippen molar-refractivity contribution in [2.45, 2.75) is 59.9 Å². The van der Waals surface area contributed by atoms with Crippen LogP contribution in [-0.2, 0) is 37.1 Å². The zero-order valence-corrected chi connectivity index (χ0v) is 15.6. The van der Waals surface area contributed by atoms with E-state index in [1.165, 1.54) is 0 Å². The van der Waals surface area contributed by atoms with Gasteiger partial charge in [-0.3, -0.25) is 4.52 Å². The lowest BCUT2D eigenvalue weighted by molar-refractivity contribution is -0.0485. The van der Waals surface area contributed by atoms with E-state index in [9.17, 15) is 14.2 Å². The molecule has 0 aromatic heterocycles. The normalized spacial score (nSPS) is 11.7. The second-order valence-corrected chi connectivity index (χ2v) is 6.84. The van der Waals surface area contributed by atoms with Gasteiger partial charge in [0.25, 0.3) is 0 Å². The number of ether oxygens (including phenoxy) is 4. The smallest absolute Gasteiger partial charge is 0.432 e. The van der Waals surface area contributed by atoms with Crippen molar-refractivity contribution in [2.24, 2.45) is 0 Å². The highest BCUT2D eigenvalue weighted by Crippen LogP contribution is 2.50. The van der Waals surface area contributed by atoms with E-state index in [1.54, 1.807) is 41.5 Å². The van der Waals surface area contributed by atoms with Crippen molar-refractivity contribution in [3.05, 3.63) is 0 Å². The summed E-state index contributed by atoms with van der Waals surface area (Å²) in [6.07, 6.45) is -3.29. The van der Waals surface area contributed by atoms with E-state index in [0.717, 1.165) is 0 Å². The molecule has 0 saturated carbocycles. The Kier molecular flexibility index (Phi) is 10.6. The molecule has 142 valence electrons. The van der Waals surface area contributed by atoms with E-state index in [2.05, 4.69) is 9.47 Å². The minimum absolute atomic E-state index is 0.382. The Balaban J connectivity index is 4.37. The van der Waals surface area contributed by atoms with E-state index in [0.29, 0.717) is 0 Å². The fourth-order valence-corrected chi connectivity index (χ4v) is 2.16. The molecule has 11 heteroatoms. The van der Waals surface area contributed by atoms with Gasteiger partial charge in [-0.15, -0.1) is 0 Å². The van der Waals surface area contributed by atoms with Gasteiger partial charge in [-0.2, -0.15) is 0 Å². The molecule has 0 aromatic rings. The maximum Gasteiger partial charge on any atom is 0.510 e. The average molecular weight is 372 g/mol. The fourth-order valence-electron chi connectivity index (χ4n) is 1.09. The lowest BCUT2D eigenvalue weighted by atomic mass is 10.5. The molecule has 24 heavy (non-hydrogen) atoms. The first-order valence-corrected chi connectivity index (χ1v) is 8.74. The summed E-state index contributed by atoms with van der Waals surface area (Å²) in [5.41, 5.74) is 0. The van der Waals surface area contributed by atoms with Crippen LogP contribution in [0, 0.1) is 0 Å². The summed E-state index contributed by atoms with van der Waals surface area (Å²) in [5, 5.41) is 0. The Morgan fingerprint density at radius 3 is 1.42 bits per heavy atom. The Morgan fingerprint density at radius 2 is 1.12 bits per heavy atom. The molecule has 0 N–H and O–H groups in total. The summed E-state index contributed by atoms with van der Waals surface area (Å²) in [6.45, 7) is 8.23. The Labute approximate surface area is 141 Å². The van der Waals surface area contributed by atoms with Crippen molar-refractivity contribution >= 4 is 20.1 Å². The molecule has 0 aliphatic rings. The molecule has 0 heterocycles. The summed E-state index contributed by atoms with van der Waals surface area (Å²) in [4.78, 5) is 22.4. The van der Waals surface area contributed by atoms with Gasteiger partial charge in [0.15, 0.2) is 0 Å². The lowest BCUT2D eigenvalue weighted by Gasteiger charge is -2.19. The van der Waals surface area contributed by atoms with E-state index in [4.69, 9.17) is 23.0 Å². The fraction of sp³-hybridized carbons (Fsp3) is 0.846. The van der Waals surface area contributed by atoms with E-state index >= 15 is 0 Å². The van der Waals surface area contributed by atoms with Crippen molar-refractivity contribution in [1.82, 2.24) is 0 Å². The second kappa shape index (κ2) is 11.2. The number of carbonyl (C=O) groups is 2. The van der Waals surface area contributed by atoms with Crippen molar-refractivity contribution in [2.75, 3.05) is 13.6 Å². The minimum atomic E-state index is -4.12. The van der Waals surface area contributed by atoms with Gasteiger partial charge in [0.1, 0.15) is 0 Å². The Hall–Kier alpha value is -1.35. The lowest BCUT2D eigenvalue weighted by Crippen LogP contribution is -2.17. The highest BCUT2D eigenvalue weighted by Gasteiger charge is 2.30. The Bertz CT molecular complexity index is 402. The summed E-state index contributed by atoms with van der Waals surface area (Å²) in [5.74, 6) is 0. The minimum Gasteiger partial charge on any atom is -0.432 e. The molecule has 0 atom stereocenters. The van der Waals surface area contributed by atoms with Crippen LogP contribution in [0.25, 0.3) is 0 Å². The van der Waals surface area contributed by atoms with Gasteiger partial charge in [-0.1, -0.05) is 0 Å². The van der Waals surface area contributed by atoms with Gasteiger partial charge in [0, 0.05) is 0 Å². The molecule has 0 saturated heterocycles. The quantitative estimate of drug-likeness (QED) is 0.320. The predicted molar refractivity (Wildman–Crippen MR) is 81.1 cm³/mol. The first-order valence-electron chi connectivity index (χ1n) is 7.28. The maximum absolute atomic E-state index is 12.3. The zero-order chi connectivity index (χ0) is 18.8. The first-order chi connectivity index (χ1) is 11.0. The largest absolute Gasteiger partial charge is 0.510 e. The van der Waals surface area contributed by atoms with Crippen LogP contribution in [0.2, 0.25) is 0 Å². The van der Waals surface area contributed by atoms with E-state index in [1.807, 2.05) is 0 Å². The third kappa shape index (κ3) is 12.1. The monoisotopic (exact) mass is 372 g/mol. The summed E-state index contributed by atoms with van der Waals surface area (Å²) < 4.78 is 45.5. The van der Waals surface area contributed by atoms with Crippen LogP contribution in [0.4, 0.5) is 9.59 Å². The van der Waals surface area contributed by atoms with Crippen LogP contribution in [-0.4, -0.2) is 44.2 Å². The average Bonchev–Trinajstić information content (AvgIpc) is 2.35. The first kappa shape index (κ1) is 22.6. The molecule has 10 nitrogen and oxygen atoms in total. The van der Waals surface area contributed by atoms with Gasteiger partial charge < -0.3 is 18.9 Å². The molecule has 0 aliphatic carbocycles. The van der Waals surface area contributed by atoms with Crippen molar-refractivity contribution in [3.63, 3.8) is 0 Å². The topological polar surface area (TPSA) is 116 Å². The van der Waals surface area contributed by atoms with Crippen molar-refractivity contribution in [3.8, 4) is 0 Å². The maximum atomic E-state index is 12.3. The third-order valence-electron chi connectivity index (χ3n) is 1.78. The molecule has 0 aliphatic heterocycles. The number of carbonyl (C=O) groups excluding carboxylic acids is 2. The number of phosphoric ester groups is 1. The molecule has 0 fully saturated rings. The zero-order valence-electron chi connectivity index (χ0n) is 14.7. The van der Waals surface area contributed by atoms with Crippen LogP contribution in [0.5, 0.6) is 0 Å². The highest BCUT2D eigenvalue weighted by molar-refractivity contribution is 7.48. The molecule has 0 aromatic carbocycles. The molecule has 0 amide bonds. The predicted octanol–water partition coefficient (Wildman–Crippen LogP) is 3.59. The SMILES string of the molecule is CC(C)OC(=O)OCOP(=O)(OCOC(=O)OC(C)C)OC(C)C. The van der Waals surface area contributed by atoms with E-state index < -0.39 is 39.8 Å². The van der Waals surface area contributed by atoms with Gasteiger partial charge in [-0.25, -0.2) is 23.2 Å². The van der Waals surface area contributed by atoms with Crippen molar-refractivity contribution < 1.29 is 46.7 Å². The summed E-state index contributed by atoms with van der Waals surface area (Å²) >= 11 is 0. The second-order valence-electron chi connectivity index (χ2n) is 5.22. The number of rotatable bonds is 10. The van der Waals surface area contributed by atoms with Crippen LogP contribution < -0.4 is 0 Å². The number of hydrogen-bond acceptors (Lipinski definition) is 10. The molecule has 0 rings (SSSR count). The van der Waals surface area contributed by atoms with Crippen LogP contribution >= 0.6 is 7.82 Å². The summed E-state index contributed by atoms with van der Waals surface area (Å²) in [7, 11) is -4.12. The standard InChI is InChI=1S/C13H25O10P/c1-9(2)21-12(14)17-7-19-24(16,23-11(5)6)20-8-18-13(15)22-10(3)4/h9-11H,7-8H2,1-6H3. The number of hydrogen-bond donors (Lipinski definition) is 0. The van der Waals surface area contributed by atoms with Crippen molar-refractivity contribution in [1.29, 1.82) is 0 Å². The molecular formula is C13H25O10P.